The van der Waals surface area contributed by atoms with Crippen LogP contribution in [-0.2, 0) is 14.3 Å². The average molecular weight is 268 g/mol. The maximum absolute atomic E-state index is 11.8. The number of rotatable bonds is 3. The number of carbonyl (C=O) groups is 2. The van der Waals surface area contributed by atoms with Gasteiger partial charge in [0.25, 0.3) is 0 Å². The summed E-state index contributed by atoms with van der Waals surface area (Å²) in [5.74, 6) is -1.38. The number of carbonyl (C=O) groups excluding carboxylic acids is 2. The van der Waals surface area contributed by atoms with Crippen molar-refractivity contribution in [2.45, 2.75) is 6.42 Å². The molecule has 0 N–H and O–H groups in total. The predicted octanol–water partition coefficient (Wildman–Crippen LogP) is 2.84. The fraction of sp³-hybridized carbons (Fsp3) is 0.294. The van der Waals surface area contributed by atoms with Crippen molar-refractivity contribution in [3.63, 3.8) is 0 Å². The number of allylic oxidation sites excluding steroid dienone is 2. The van der Waals surface area contributed by atoms with Crippen molar-refractivity contribution in [2.24, 2.45) is 23.7 Å². The molecule has 3 heteroatoms. The van der Waals surface area contributed by atoms with Crippen LogP contribution >= 0.6 is 0 Å². The van der Waals surface area contributed by atoms with E-state index in [1.54, 1.807) is 6.08 Å². The summed E-state index contributed by atoms with van der Waals surface area (Å²) in [5, 5.41) is 0. The fourth-order valence-corrected chi connectivity index (χ4v) is 3.26. The third-order valence-corrected chi connectivity index (χ3v) is 4.24. The Morgan fingerprint density at radius 3 is 2.35 bits per heavy atom. The molecule has 102 valence electrons. The molecule has 4 atom stereocenters. The lowest BCUT2D eigenvalue weighted by Crippen LogP contribution is -2.19. The molecule has 1 aromatic rings. The van der Waals surface area contributed by atoms with E-state index in [-0.39, 0.29) is 35.6 Å². The monoisotopic (exact) mass is 268 g/mol. The van der Waals surface area contributed by atoms with E-state index in [9.17, 15) is 9.59 Å². The number of fused-ring (bicyclic) bond motifs is 1. The van der Waals surface area contributed by atoms with Crippen LogP contribution in [0.15, 0.2) is 49.1 Å². The summed E-state index contributed by atoms with van der Waals surface area (Å²) < 4.78 is 4.78. The van der Waals surface area contributed by atoms with Gasteiger partial charge in [-0.2, -0.15) is 0 Å². The van der Waals surface area contributed by atoms with Gasteiger partial charge in [-0.15, -0.1) is 6.58 Å². The lowest BCUT2D eigenvalue weighted by Gasteiger charge is -2.08. The van der Waals surface area contributed by atoms with Crippen LogP contribution < -0.4 is 0 Å². The Bertz CT molecular complexity index is 573. The molecule has 20 heavy (non-hydrogen) atoms. The molecule has 0 spiro atoms. The quantitative estimate of drug-likeness (QED) is 0.481. The molecular weight excluding hydrogens is 252 g/mol. The number of hydrogen-bond donors (Lipinski definition) is 0. The summed E-state index contributed by atoms with van der Waals surface area (Å²) in [7, 11) is 0. The van der Waals surface area contributed by atoms with Crippen LogP contribution in [0.1, 0.15) is 12.0 Å². The molecule has 0 aromatic heterocycles. The Kier molecular flexibility index (Phi) is 3.26. The maximum Gasteiger partial charge on any atom is 0.318 e. The number of cyclic esters (lactones) is 2. The van der Waals surface area contributed by atoms with Crippen molar-refractivity contribution in [1.29, 1.82) is 0 Å². The van der Waals surface area contributed by atoms with Gasteiger partial charge in [-0.1, -0.05) is 48.6 Å². The molecule has 3 nitrogen and oxygen atoms in total. The zero-order chi connectivity index (χ0) is 14.1. The van der Waals surface area contributed by atoms with E-state index in [0.29, 0.717) is 0 Å². The van der Waals surface area contributed by atoms with Gasteiger partial charge < -0.3 is 4.74 Å². The van der Waals surface area contributed by atoms with Crippen molar-refractivity contribution in [3.8, 4) is 0 Å². The van der Waals surface area contributed by atoms with Crippen LogP contribution in [0.5, 0.6) is 0 Å². The normalized spacial score (nSPS) is 32.4. The van der Waals surface area contributed by atoms with E-state index in [1.165, 1.54) is 0 Å². The molecular formula is C17H16O3. The zero-order valence-electron chi connectivity index (χ0n) is 11.1. The first-order valence-electron chi connectivity index (χ1n) is 6.82. The molecule has 1 saturated carbocycles. The van der Waals surface area contributed by atoms with Gasteiger partial charge in [0.1, 0.15) is 0 Å². The summed E-state index contributed by atoms with van der Waals surface area (Å²) in [5.41, 5.74) is 1.09. The summed E-state index contributed by atoms with van der Waals surface area (Å²) in [4.78, 5) is 23.6. The van der Waals surface area contributed by atoms with Gasteiger partial charge in [-0.25, -0.2) is 0 Å². The van der Waals surface area contributed by atoms with Crippen molar-refractivity contribution in [3.05, 3.63) is 54.6 Å². The van der Waals surface area contributed by atoms with Gasteiger partial charge in [-0.05, 0) is 23.8 Å². The Balaban J connectivity index is 1.84. The highest BCUT2D eigenvalue weighted by Gasteiger charge is 2.55. The minimum atomic E-state index is -0.388. The number of hydrogen-bond acceptors (Lipinski definition) is 3. The highest BCUT2D eigenvalue weighted by atomic mass is 16.6. The van der Waals surface area contributed by atoms with E-state index < -0.39 is 0 Å². The summed E-state index contributed by atoms with van der Waals surface area (Å²) in [6, 6.07) is 9.91. The van der Waals surface area contributed by atoms with Gasteiger partial charge in [0, 0.05) is 0 Å². The predicted molar refractivity (Wildman–Crippen MR) is 75.3 cm³/mol. The Morgan fingerprint density at radius 1 is 1.05 bits per heavy atom. The van der Waals surface area contributed by atoms with E-state index >= 15 is 0 Å². The standard InChI is InChI=1S/C17H16O3/c1-2-12-10-13(9-8-11-6-4-3-5-7-11)15-14(12)16(18)20-17(15)19/h2-9,12-15H,1,10H2/b9-8+. The number of ether oxygens (including phenoxy) is 1. The van der Waals surface area contributed by atoms with Gasteiger partial charge in [0.15, 0.2) is 0 Å². The SMILES string of the molecule is C=CC1CC(/C=C/c2ccccc2)C2C(=O)OC(=O)C12. The first-order chi connectivity index (χ1) is 9.70. The Hall–Kier alpha value is -2.16. The van der Waals surface area contributed by atoms with Crippen molar-refractivity contribution in [2.75, 3.05) is 0 Å². The van der Waals surface area contributed by atoms with Crippen LogP contribution in [0.3, 0.4) is 0 Å². The smallest absolute Gasteiger partial charge is 0.318 e. The van der Waals surface area contributed by atoms with Crippen molar-refractivity contribution in [1.82, 2.24) is 0 Å². The number of esters is 2. The second kappa shape index (κ2) is 5.08. The zero-order valence-corrected chi connectivity index (χ0v) is 11.1. The molecule has 1 heterocycles. The molecule has 0 bridgehead atoms. The lowest BCUT2D eigenvalue weighted by atomic mass is 9.89. The maximum atomic E-state index is 11.8. The van der Waals surface area contributed by atoms with Crippen LogP contribution in [0, 0.1) is 23.7 Å². The number of benzene rings is 1. The van der Waals surface area contributed by atoms with E-state index in [1.807, 2.05) is 42.5 Å². The molecule has 0 radical (unpaired) electrons. The molecule has 3 rings (SSSR count). The second-order valence-corrected chi connectivity index (χ2v) is 5.36. The van der Waals surface area contributed by atoms with Gasteiger partial charge >= 0.3 is 11.9 Å². The Labute approximate surface area is 117 Å². The first-order valence-corrected chi connectivity index (χ1v) is 6.82. The van der Waals surface area contributed by atoms with Gasteiger partial charge in [-0.3, -0.25) is 9.59 Å². The first kappa shape index (κ1) is 12.9. The minimum Gasteiger partial charge on any atom is -0.393 e. The van der Waals surface area contributed by atoms with E-state index in [2.05, 4.69) is 6.58 Å². The largest absolute Gasteiger partial charge is 0.393 e. The van der Waals surface area contributed by atoms with Crippen LogP contribution in [0.4, 0.5) is 0 Å². The minimum absolute atomic E-state index is 0.0318. The molecule has 1 aliphatic heterocycles. The van der Waals surface area contributed by atoms with E-state index in [4.69, 9.17) is 4.74 Å². The van der Waals surface area contributed by atoms with Gasteiger partial charge in [0.05, 0.1) is 11.8 Å². The summed E-state index contributed by atoms with van der Waals surface area (Å²) >= 11 is 0. The molecule has 1 aromatic carbocycles. The lowest BCUT2D eigenvalue weighted by molar-refractivity contribution is -0.154. The van der Waals surface area contributed by atoms with Crippen LogP contribution in [0.25, 0.3) is 6.08 Å². The van der Waals surface area contributed by atoms with Crippen molar-refractivity contribution >= 4 is 18.0 Å². The third kappa shape index (κ3) is 2.09. The molecule has 4 unspecified atom stereocenters. The third-order valence-electron chi connectivity index (χ3n) is 4.24. The molecule has 2 aliphatic rings. The van der Waals surface area contributed by atoms with E-state index in [0.717, 1.165) is 12.0 Å². The van der Waals surface area contributed by atoms with Crippen LogP contribution in [0.2, 0.25) is 0 Å². The summed E-state index contributed by atoms with van der Waals surface area (Å²) in [6.07, 6.45) is 6.58. The highest BCUT2D eigenvalue weighted by Crippen LogP contribution is 2.47. The topological polar surface area (TPSA) is 43.4 Å². The van der Waals surface area contributed by atoms with Gasteiger partial charge in [0.2, 0.25) is 0 Å². The van der Waals surface area contributed by atoms with Crippen molar-refractivity contribution < 1.29 is 14.3 Å². The molecule has 1 aliphatic carbocycles. The molecule has 2 fully saturated rings. The molecule has 0 amide bonds. The second-order valence-electron chi connectivity index (χ2n) is 5.36. The van der Waals surface area contributed by atoms with Crippen LogP contribution in [-0.4, -0.2) is 11.9 Å². The fourth-order valence-electron chi connectivity index (χ4n) is 3.26. The Morgan fingerprint density at radius 2 is 1.70 bits per heavy atom. The average Bonchev–Trinajstić information content (AvgIpc) is 2.97. The molecule has 1 saturated heterocycles. The summed E-state index contributed by atoms with van der Waals surface area (Å²) in [6.45, 7) is 3.77. The highest BCUT2D eigenvalue weighted by molar-refractivity contribution is 5.97.